The van der Waals surface area contributed by atoms with Gasteiger partial charge in [-0.1, -0.05) is 24.2 Å². The first-order valence-electron chi connectivity index (χ1n) is 8.14. The van der Waals surface area contributed by atoms with Gasteiger partial charge in [0.1, 0.15) is 11.5 Å². The van der Waals surface area contributed by atoms with Crippen LogP contribution in [0.2, 0.25) is 0 Å². The highest BCUT2D eigenvalue weighted by Crippen LogP contribution is 2.22. The minimum atomic E-state index is -0.623. The van der Waals surface area contributed by atoms with E-state index in [-0.39, 0.29) is 12.5 Å². The van der Waals surface area contributed by atoms with Gasteiger partial charge in [0, 0.05) is 6.07 Å². The maximum Gasteiger partial charge on any atom is 0.261 e. The third-order valence-electron chi connectivity index (χ3n) is 3.61. The molecule has 0 aliphatic carbocycles. The summed E-state index contributed by atoms with van der Waals surface area (Å²) in [5.74, 6) is 1.86. The molecule has 0 saturated heterocycles. The van der Waals surface area contributed by atoms with Crippen LogP contribution >= 0.6 is 11.3 Å². The summed E-state index contributed by atoms with van der Waals surface area (Å²) in [4.78, 5) is 17.6. The van der Waals surface area contributed by atoms with Crippen molar-refractivity contribution in [2.75, 3.05) is 7.11 Å². The highest BCUT2D eigenvalue weighted by atomic mass is 32.1. The summed E-state index contributed by atoms with van der Waals surface area (Å²) in [5, 5.41) is 8.63. The number of amides is 1. The lowest BCUT2D eigenvalue weighted by Gasteiger charge is -2.17. The van der Waals surface area contributed by atoms with Crippen molar-refractivity contribution >= 4 is 17.2 Å². The van der Waals surface area contributed by atoms with Gasteiger partial charge in [-0.2, -0.15) is 4.98 Å². The number of thiophene rings is 1. The summed E-state index contributed by atoms with van der Waals surface area (Å²) in [6, 6.07) is 11.0. The van der Waals surface area contributed by atoms with E-state index >= 15 is 0 Å². The van der Waals surface area contributed by atoms with Gasteiger partial charge in [0.25, 0.3) is 5.91 Å². The van der Waals surface area contributed by atoms with Crippen LogP contribution < -0.4 is 14.8 Å². The molecule has 8 heteroatoms. The average molecular weight is 373 g/mol. The third-order valence-corrected chi connectivity index (χ3v) is 4.47. The van der Waals surface area contributed by atoms with E-state index in [4.69, 9.17) is 14.0 Å². The van der Waals surface area contributed by atoms with Crippen LogP contribution in [-0.2, 0) is 11.3 Å². The van der Waals surface area contributed by atoms with Crippen LogP contribution in [0.25, 0.3) is 10.7 Å². The van der Waals surface area contributed by atoms with Gasteiger partial charge < -0.3 is 19.3 Å². The van der Waals surface area contributed by atoms with Gasteiger partial charge in [0.15, 0.2) is 6.10 Å². The van der Waals surface area contributed by atoms with Crippen molar-refractivity contribution in [2.45, 2.75) is 26.0 Å². The van der Waals surface area contributed by atoms with Gasteiger partial charge in [0.2, 0.25) is 11.7 Å². The Morgan fingerprint density at radius 2 is 2.15 bits per heavy atom. The molecule has 1 atom stereocenters. The zero-order chi connectivity index (χ0) is 18.4. The zero-order valence-corrected chi connectivity index (χ0v) is 15.3. The van der Waals surface area contributed by atoms with Gasteiger partial charge in [-0.15, -0.1) is 11.3 Å². The van der Waals surface area contributed by atoms with E-state index in [2.05, 4.69) is 15.5 Å². The summed E-state index contributed by atoms with van der Waals surface area (Å²) < 4.78 is 16.1. The lowest BCUT2D eigenvalue weighted by molar-refractivity contribution is -0.128. The molecule has 0 spiro atoms. The molecule has 1 aromatic carbocycles. The van der Waals surface area contributed by atoms with Gasteiger partial charge in [-0.3, -0.25) is 4.79 Å². The van der Waals surface area contributed by atoms with Crippen molar-refractivity contribution in [3.63, 3.8) is 0 Å². The van der Waals surface area contributed by atoms with E-state index < -0.39 is 6.10 Å². The fourth-order valence-corrected chi connectivity index (χ4v) is 2.92. The molecule has 0 fully saturated rings. The second-order valence-corrected chi connectivity index (χ2v) is 6.35. The number of benzene rings is 1. The van der Waals surface area contributed by atoms with Crippen LogP contribution in [-0.4, -0.2) is 29.3 Å². The number of nitrogens with one attached hydrogen (secondary N) is 1. The molecule has 0 aliphatic heterocycles. The zero-order valence-electron chi connectivity index (χ0n) is 14.5. The normalized spacial score (nSPS) is 11.8. The number of methoxy groups -OCH3 is 1. The van der Waals surface area contributed by atoms with Crippen LogP contribution in [0.4, 0.5) is 0 Å². The van der Waals surface area contributed by atoms with Crippen molar-refractivity contribution in [1.82, 2.24) is 15.5 Å². The number of rotatable bonds is 8. The van der Waals surface area contributed by atoms with Gasteiger partial charge >= 0.3 is 0 Å². The monoisotopic (exact) mass is 373 g/mol. The average Bonchev–Trinajstić information content (AvgIpc) is 3.35. The highest BCUT2D eigenvalue weighted by Gasteiger charge is 2.19. The Balaban J connectivity index is 1.57. The Morgan fingerprint density at radius 3 is 2.88 bits per heavy atom. The number of hydrogen-bond donors (Lipinski definition) is 1. The first-order chi connectivity index (χ1) is 12.7. The fourth-order valence-electron chi connectivity index (χ4n) is 2.27. The van der Waals surface area contributed by atoms with E-state index in [0.717, 1.165) is 4.88 Å². The molecule has 1 amide bonds. The fraction of sp³-hybridized carbons (Fsp3) is 0.278. The predicted molar refractivity (Wildman–Crippen MR) is 97.2 cm³/mol. The smallest absolute Gasteiger partial charge is 0.261 e. The van der Waals surface area contributed by atoms with Crippen LogP contribution in [0.1, 0.15) is 19.2 Å². The maximum atomic E-state index is 12.4. The quantitative estimate of drug-likeness (QED) is 0.652. The van der Waals surface area contributed by atoms with Gasteiger partial charge in [0.05, 0.1) is 18.5 Å². The van der Waals surface area contributed by atoms with Crippen LogP contribution in [0, 0.1) is 0 Å². The standard InChI is InChI=1S/C18H19N3O4S/c1-3-14(24-13-7-4-6-12(10-13)23-2)18(22)19-11-16-20-17(21-25-16)15-8-5-9-26-15/h4-10,14H,3,11H2,1-2H3,(H,19,22)/t14-/m1/s1. The van der Waals surface area contributed by atoms with Crippen molar-refractivity contribution < 1.29 is 18.8 Å². The van der Waals surface area contributed by atoms with Crippen LogP contribution in [0.5, 0.6) is 11.5 Å². The van der Waals surface area contributed by atoms with Crippen LogP contribution in [0.3, 0.4) is 0 Å². The SMILES string of the molecule is CC[C@@H](Oc1cccc(OC)c1)C(=O)NCc1nc(-c2cccs2)no1. The second kappa shape index (κ2) is 8.48. The van der Waals surface area contributed by atoms with Crippen molar-refractivity contribution in [3.8, 4) is 22.2 Å². The van der Waals surface area contributed by atoms with E-state index in [1.807, 2.05) is 36.6 Å². The predicted octanol–water partition coefficient (Wildman–Crippen LogP) is 3.28. The highest BCUT2D eigenvalue weighted by molar-refractivity contribution is 7.13. The topological polar surface area (TPSA) is 86.5 Å². The number of carbonyl (C=O) groups excluding carboxylic acids is 1. The Morgan fingerprint density at radius 1 is 1.31 bits per heavy atom. The van der Waals surface area contributed by atoms with Crippen molar-refractivity contribution in [2.24, 2.45) is 0 Å². The third kappa shape index (κ3) is 4.40. The second-order valence-electron chi connectivity index (χ2n) is 5.40. The molecule has 0 saturated carbocycles. The summed E-state index contributed by atoms with van der Waals surface area (Å²) in [5.41, 5.74) is 0. The van der Waals surface area contributed by atoms with E-state index in [0.29, 0.717) is 29.6 Å². The van der Waals surface area contributed by atoms with Crippen molar-refractivity contribution in [1.29, 1.82) is 0 Å². The van der Waals surface area contributed by atoms with Crippen molar-refractivity contribution in [3.05, 3.63) is 47.7 Å². The summed E-state index contributed by atoms with van der Waals surface area (Å²) >= 11 is 1.52. The Hall–Kier alpha value is -2.87. The molecule has 0 unspecified atom stereocenters. The first-order valence-corrected chi connectivity index (χ1v) is 9.02. The Kier molecular flexibility index (Phi) is 5.85. The Labute approximate surface area is 154 Å². The number of aromatic nitrogens is 2. The molecule has 0 aliphatic rings. The molecule has 3 rings (SSSR count). The number of nitrogens with zero attached hydrogens (tertiary/aromatic N) is 2. The molecule has 0 radical (unpaired) electrons. The minimum absolute atomic E-state index is 0.148. The Bertz CT molecular complexity index is 848. The molecule has 26 heavy (non-hydrogen) atoms. The molecule has 3 aromatic rings. The largest absolute Gasteiger partial charge is 0.497 e. The molecular weight excluding hydrogens is 354 g/mol. The maximum absolute atomic E-state index is 12.4. The summed E-state index contributed by atoms with van der Waals surface area (Å²) in [6.07, 6.45) is -0.102. The number of ether oxygens (including phenoxy) is 2. The van der Waals surface area contributed by atoms with Gasteiger partial charge in [-0.05, 0) is 30.0 Å². The van der Waals surface area contributed by atoms with Crippen LogP contribution in [0.15, 0.2) is 46.3 Å². The van der Waals surface area contributed by atoms with E-state index in [1.165, 1.54) is 11.3 Å². The number of carbonyl (C=O) groups is 1. The lowest BCUT2D eigenvalue weighted by atomic mass is 10.2. The molecule has 1 N–H and O–H groups in total. The molecule has 2 heterocycles. The van der Waals surface area contributed by atoms with Gasteiger partial charge in [-0.25, -0.2) is 0 Å². The number of hydrogen-bond acceptors (Lipinski definition) is 7. The minimum Gasteiger partial charge on any atom is -0.497 e. The summed E-state index contributed by atoms with van der Waals surface area (Å²) in [7, 11) is 1.58. The molecule has 2 aromatic heterocycles. The molecular formula is C18H19N3O4S. The summed E-state index contributed by atoms with van der Waals surface area (Å²) in [6.45, 7) is 2.03. The van der Waals surface area contributed by atoms with E-state index in [9.17, 15) is 4.79 Å². The lowest BCUT2D eigenvalue weighted by Crippen LogP contribution is -2.37. The molecule has 0 bridgehead atoms. The molecule has 7 nitrogen and oxygen atoms in total. The van der Waals surface area contributed by atoms with E-state index in [1.54, 1.807) is 19.2 Å². The molecule has 136 valence electrons. The first kappa shape index (κ1) is 17.9.